The van der Waals surface area contributed by atoms with Gasteiger partial charge in [-0.1, -0.05) is 91.0 Å². The molecule has 1 aromatic heterocycles. The molecule has 11 nitrogen and oxygen atoms in total. The fraction of sp³-hybridized carbons (Fsp3) is 0.385. The molecule has 0 saturated heterocycles. The van der Waals surface area contributed by atoms with E-state index < -0.39 is 34.8 Å². The quantitative estimate of drug-likeness (QED) is 0.110. The summed E-state index contributed by atoms with van der Waals surface area (Å²) in [6, 6.07) is 30.4. The first-order valence-corrected chi connectivity index (χ1v) is 16.9. The zero-order chi connectivity index (χ0) is 36.4. The number of nitrogens with one attached hydrogen (secondary N) is 4. The van der Waals surface area contributed by atoms with Crippen LogP contribution in [0.4, 0.5) is 21.1 Å². The number of hydrogen-bond acceptors (Lipinski definition) is 7. The molecule has 50 heavy (non-hydrogen) atoms. The summed E-state index contributed by atoms with van der Waals surface area (Å²) < 4.78 is 12.4. The van der Waals surface area contributed by atoms with Gasteiger partial charge in [0.1, 0.15) is 28.2 Å². The van der Waals surface area contributed by atoms with Crippen LogP contribution in [0.25, 0.3) is 0 Å². The number of benzene rings is 3. The van der Waals surface area contributed by atoms with E-state index in [1.54, 1.807) is 52.4 Å². The zero-order valence-electron chi connectivity index (χ0n) is 30.1. The minimum absolute atomic E-state index is 0.191. The normalized spacial score (nSPS) is 11.8. The van der Waals surface area contributed by atoms with Gasteiger partial charge in [-0.3, -0.25) is 9.48 Å². The molecule has 0 atom stereocenters. The van der Waals surface area contributed by atoms with Crippen molar-refractivity contribution in [3.63, 3.8) is 0 Å². The van der Waals surface area contributed by atoms with Crippen molar-refractivity contribution < 1.29 is 23.9 Å². The highest BCUT2D eigenvalue weighted by atomic mass is 16.6. The highest BCUT2D eigenvalue weighted by Crippen LogP contribution is 2.41. The van der Waals surface area contributed by atoms with Gasteiger partial charge in [0.2, 0.25) is 5.91 Å². The molecular weight excluding hydrogens is 632 g/mol. The summed E-state index contributed by atoms with van der Waals surface area (Å²) in [6.07, 6.45) is 1.07. The summed E-state index contributed by atoms with van der Waals surface area (Å²) in [5.41, 5.74) is 1.30. The molecule has 0 aliphatic carbocycles. The lowest BCUT2D eigenvalue weighted by molar-refractivity contribution is -0.120. The van der Waals surface area contributed by atoms with Crippen LogP contribution in [-0.2, 0) is 26.9 Å². The van der Waals surface area contributed by atoms with Crippen LogP contribution in [-0.4, -0.2) is 52.2 Å². The van der Waals surface area contributed by atoms with Crippen molar-refractivity contribution in [2.24, 2.45) is 13.0 Å². The second-order valence-corrected chi connectivity index (χ2v) is 14.1. The monoisotopic (exact) mass is 682 g/mol. The number of hydrogen-bond donors (Lipinski definition) is 4. The smallest absolute Gasteiger partial charge is 0.407 e. The molecule has 0 saturated carbocycles. The van der Waals surface area contributed by atoms with Gasteiger partial charge in [-0.05, 0) is 71.1 Å². The van der Waals surface area contributed by atoms with Gasteiger partial charge in [0, 0.05) is 26.1 Å². The number of carbonyl (C=O) groups excluding carboxylic acids is 3. The maximum Gasteiger partial charge on any atom is 0.407 e. The standard InChI is InChI=1S/C39H50N6O5/c1-37(2,3)49-35(47)40-25-23-28(24-26-41-36(48)50-38(4,5)6)34(46)43-32-27-42-45(7)33(32)44-39(29-17-11-8-12-18-29,30-19-13-9-14-20-30)31-21-15-10-16-22-31/h8-22,27-28,44H,23-26H2,1-7H3,(H,40,47)(H,41,48)(H,43,46). The van der Waals surface area contributed by atoms with E-state index in [1.165, 1.54) is 0 Å². The van der Waals surface area contributed by atoms with Crippen LogP contribution >= 0.6 is 0 Å². The Balaban J connectivity index is 1.63. The minimum Gasteiger partial charge on any atom is -0.444 e. The Morgan fingerprint density at radius 1 is 0.680 bits per heavy atom. The van der Waals surface area contributed by atoms with E-state index in [0.717, 1.165) is 16.7 Å². The lowest BCUT2D eigenvalue weighted by Gasteiger charge is -2.38. The zero-order valence-corrected chi connectivity index (χ0v) is 30.1. The van der Waals surface area contributed by atoms with Crippen molar-refractivity contribution in [1.29, 1.82) is 0 Å². The van der Waals surface area contributed by atoms with Crippen LogP contribution < -0.4 is 21.3 Å². The first kappa shape index (κ1) is 37.5. The molecule has 11 heteroatoms. The molecule has 0 fully saturated rings. The van der Waals surface area contributed by atoms with Gasteiger partial charge in [0.15, 0.2) is 0 Å². The van der Waals surface area contributed by atoms with Crippen molar-refractivity contribution in [3.05, 3.63) is 114 Å². The molecule has 4 N–H and O–H groups in total. The summed E-state index contributed by atoms with van der Waals surface area (Å²) in [4.78, 5) is 38.7. The van der Waals surface area contributed by atoms with Gasteiger partial charge in [-0.25, -0.2) is 9.59 Å². The topological polar surface area (TPSA) is 136 Å². The number of ether oxygens (including phenoxy) is 2. The van der Waals surface area contributed by atoms with E-state index in [4.69, 9.17) is 9.47 Å². The van der Waals surface area contributed by atoms with Crippen molar-refractivity contribution in [2.75, 3.05) is 23.7 Å². The maximum absolute atomic E-state index is 14.0. The lowest BCUT2D eigenvalue weighted by Crippen LogP contribution is -2.39. The fourth-order valence-electron chi connectivity index (χ4n) is 5.60. The van der Waals surface area contributed by atoms with Crippen molar-refractivity contribution in [1.82, 2.24) is 20.4 Å². The number of nitrogens with zero attached hydrogens (tertiary/aromatic N) is 2. The van der Waals surface area contributed by atoms with E-state index in [1.807, 2.05) is 61.6 Å². The molecule has 4 rings (SSSR count). The Labute approximate surface area is 295 Å². The Morgan fingerprint density at radius 3 is 1.46 bits per heavy atom. The third-order valence-electron chi connectivity index (χ3n) is 7.82. The van der Waals surface area contributed by atoms with Crippen molar-refractivity contribution >= 4 is 29.6 Å². The van der Waals surface area contributed by atoms with Gasteiger partial charge in [0.25, 0.3) is 0 Å². The van der Waals surface area contributed by atoms with Gasteiger partial charge in [-0.15, -0.1) is 0 Å². The van der Waals surface area contributed by atoms with Crippen molar-refractivity contribution in [2.45, 2.75) is 71.1 Å². The molecule has 1 heterocycles. The number of carbonyl (C=O) groups is 3. The highest BCUT2D eigenvalue weighted by molar-refractivity contribution is 5.95. The fourth-order valence-corrected chi connectivity index (χ4v) is 5.60. The second kappa shape index (κ2) is 16.4. The first-order chi connectivity index (χ1) is 23.7. The highest BCUT2D eigenvalue weighted by Gasteiger charge is 2.38. The van der Waals surface area contributed by atoms with Gasteiger partial charge in [-0.2, -0.15) is 5.10 Å². The molecule has 0 unspecified atom stereocenters. The van der Waals surface area contributed by atoms with E-state index in [2.05, 4.69) is 62.8 Å². The van der Waals surface area contributed by atoms with Gasteiger partial charge < -0.3 is 30.7 Å². The molecule has 4 aromatic rings. The third kappa shape index (κ3) is 10.3. The molecule has 0 bridgehead atoms. The summed E-state index contributed by atoms with van der Waals surface area (Å²) in [5, 5.41) is 16.9. The average Bonchev–Trinajstić information content (AvgIpc) is 3.39. The van der Waals surface area contributed by atoms with Crippen LogP contribution in [0.3, 0.4) is 0 Å². The Hall–Kier alpha value is -5.32. The molecule has 0 aliphatic rings. The molecule has 0 radical (unpaired) electrons. The maximum atomic E-state index is 14.0. The molecule has 266 valence electrons. The average molecular weight is 683 g/mol. The number of aromatic nitrogens is 2. The van der Waals surface area contributed by atoms with Crippen LogP contribution in [0.1, 0.15) is 71.1 Å². The molecular formula is C39H50N6O5. The predicted octanol–water partition coefficient (Wildman–Crippen LogP) is 7.21. The van der Waals surface area contributed by atoms with Crippen LogP contribution in [0, 0.1) is 5.92 Å². The second-order valence-electron chi connectivity index (χ2n) is 14.1. The Morgan fingerprint density at radius 2 is 1.08 bits per heavy atom. The van der Waals surface area contributed by atoms with Crippen LogP contribution in [0.5, 0.6) is 0 Å². The van der Waals surface area contributed by atoms with Crippen molar-refractivity contribution in [3.8, 4) is 0 Å². The summed E-state index contributed by atoms with van der Waals surface area (Å²) in [7, 11) is 1.82. The van der Waals surface area contributed by atoms with Gasteiger partial charge in [0.05, 0.1) is 6.20 Å². The van der Waals surface area contributed by atoms with Gasteiger partial charge >= 0.3 is 12.2 Å². The number of amides is 3. The van der Waals surface area contributed by atoms with Crippen LogP contribution in [0.15, 0.2) is 97.2 Å². The molecule has 3 aromatic carbocycles. The molecule has 3 amide bonds. The number of rotatable bonds is 13. The first-order valence-electron chi connectivity index (χ1n) is 16.9. The summed E-state index contributed by atoms with van der Waals surface area (Å²) >= 11 is 0. The predicted molar refractivity (Wildman–Crippen MR) is 196 cm³/mol. The number of aryl methyl sites for hydroxylation is 1. The Kier molecular flexibility index (Phi) is 12.3. The van der Waals surface area contributed by atoms with E-state index in [0.29, 0.717) is 24.3 Å². The van der Waals surface area contributed by atoms with E-state index in [9.17, 15) is 14.4 Å². The van der Waals surface area contributed by atoms with E-state index in [-0.39, 0.29) is 19.0 Å². The van der Waals surface area contributed by atoms with E-state index >= 15 is 0 Å². The lowest BCUT2D eigenvalue weighted by atomic mass is 9.77. The Bertz CT molecular complexity index is 1570. The SMILES string of the molecule is Cn1ncc(NC(=O)C(CCNC(=O)OC(C)(C)C)CCNC(=O)OC(C)(C)C)c1NC(c1ccccc1)(c1ccccc1)c1ccccc1. The minimum atomic E-state index is -0.856. The van der Waals surface area contributed by atoms with Crippen LogP contribution in [0.2, 0.25) is 0 Å². The molecule has 0 aliphatic heterocycles. The number of anilines is 2. The summed E-state index contributed by atoms with van der Waals surface area (Å²) in [5.74, 6) is -0.287. The summed E-state index contributed by atoms with van der Waals surface area (Å²) in [6.45, 7) is 11.1. The number of alkyl carbamates (subject to hydrolysis) is 2. The molecule has 0 spiro atoms. The largest absolute Gasteiger partial charge is 0.444 e. The third-order valence-corrected chi connectivity index (χ3v) is 7.82.